The van der Waals surface area contributed by atoms with Gasteiger partial charge in [-0.25, -0.2) is 24.5 Å². The maximum Gasteiger partial charge on any atom is 0.415 e. The van der Waals surface area contributed by atoms with Crippen LogP contribution in [0, 0.1) is 19.8 Å². The third kappa shape index (κ3) is 9.31. The van der Waals surface area contributed by atoms with Gasteiger partial charge in [-0.05, 0) is 113 Å². The molecule has 3 fully saturated rings. The molecule has 332 valence electrons. The number of aryl methyl sites for hydroxylation is 1. The maximum absolute atomic E-state index is 13.2. The number of amides is 4. The number of ether oxygens (including phenoxy) is 2. The molecule has 7 heterocycles. The number of carbonyl (C=O) groups is 3. The molecule has 0 radical (unpaired) electrons. The molecular weight excluding hydrogens is 799 g/mol. The quantitative estimate of drug-likeness (QED) is 0.201. The smallest absolute Gasteiger partial charge is 0.415 e. The first-order valence-electron chi connectivity index (χ1n) is 22.4. The summed E-state index contributed by atoms with van der Waals surface area (Å²) in [5.74, 6) is 1.47. The number of piperidine rings is 1. The number of imide groups is 1. The van der Waals surface area contributed by atoms with E-state index >= 15 is 0 Å². The van der Waals surface area contributed by atoms with Crippen LogP contribution in [-0.2, 0) is 22.5 Å². The van der Waals surface area contributed by atoms with Crippen LogP contribution < -0.4 is 39.9 Å². The highest BCUT2D eigenvalue weighted by Crippen LogP contribution is 2.40. The van der Waals surface area contributed by atoms with Crippen LogP contribution in [0.15, 0.2) is 54.9 Å². The number of carbonyl (C=O) groups excluding carboxylic acids is 3. The molecule has 3 saturated heterocycles. The first-order valence-corrected chi connectivity index (χ1v) is 22.4. The van der Waals surface area contributed by atoms with Crippen molar-refractivity contribution in [2.45, 2.75) is 72.4 Å². The summed E-state index contributed by atoms with van der Waals surface area (Å²) in [6.45, 7) is 19.5. The van der Waals surface area contributed by atoms with Gasteiger partial charge in [0.25, 0.3) is 0 Å². The van der Waals surface area contributed by atoms with Crippen molar-refractivity contribution in [3.63, 3.8) is 0 Å². The van der Waals surface area contributed by atoms with Crippen LogP contribution in [-0.4, -0.2) is 116 Å². The summed E-state index contributed by atoms with van der Waals surface area (Å²) in [6, 6.07) is 14.5. The second-order valence-corrected chi connectivity index (χ2v) is 18.4. The number of rotatable bonds is 8. The van der Waals surface area contributed by atoms with Crippen molar-refractivity contribution in [3.05, 3.63) is 77.2 Å². The molecular formula is C47H59N11O5. The van der Waals surface area contributed by atoms with Gasteiger partial charge in [-0.15, -0.1) is 0 Å². The number of nitrogens with one attached hydrogen (secondary N) is 2. The van der Waals surface area contributed by atoms with Crippen LogP contribution in [0.25, 0.3) is 0 Å². The molecule has 0 bridgehead atoms. The second-order valence-electron chi connectivity index (χ2n) is 18.4. The zero-order valence-electron chi connectivity index (χ0n) is 37.2. The van der Waals surface area contributed by atoms with Crippen molar-refractivity contribution in [2.24, 2.45) is 5.92 Å². The molecule has 9 rings (SSSR count). The zero-order valence-corrected chi connectivity index (χ0v) is 37.2. The first-order chi connectivity index (χ1) is 30.3. The highest BCUT2D eigenvalue weighted by Gasteiger charge is 2.33. The molecule has 2 aromatic carbocycles. The van der Waals surface area contributed by atoms with Crippen molar-refractivity contribution < 1.29 is 23.9 Å². The summed E-state index contributed by atoms with van der Waals surface area (Å²) in [6.07, 6.45) is 6.81. The van der Waals surface area contributed by atoms with E-state index in [4.69, 9.17) is 14.5 Å². The van der Waals surface area contributed by atoms with E-state index in [2.05, 4.69) is 76.6 Å². The molecule has 5 aliphatic rings. The molecule has 0 aliphatic carbocycles. The van der Waals surface area contributed by atoms with Crippen molar-refractivity contribution in [1.29, 1.82) is 0 Å². The molecule has 16 nitrogen and oxygen atoms in total. The van der Waals surface area contributed by atoms with Gasteiger partial charge in [-0.1, -0.05) is 0 Å². The molecule has 16 heteroatoms. The highest BCUT2D eigenvalue weighted by atomic mass is 16.6. The van der Waals surface area contributed by atoms with Crippen molar-refractivity contribution in [2.75, 3.05) is 102 Å². The SMILES string of the molecule is Cc1cc(N2CCC(CN3CCN(c4ccc(Nc5ncc6c(n5)CN(c5cnc7c(c5C)N(C(=O)OC(C)(C)C)CCO7)CC6)cc4)CC3)CC2)ccc1N1CCC(=O)NC1=O. The van der Waals surface area contributed by atoms with Gasteiger partial charge >= 0.3 is 12.1 Å². The minimum absolute atomic E-state index is 0.215. The van der Waals surface area contributed by atoms with E-state index in [9.17, 15) is 14.4 Å². The summed E-state index contributed by atoms with van der Waals surface area (Å²) >= 11 is 0. The lowest BCUT2D eigenvalue weighted by Crippen LogP contribution is -2.49. The number of fused-ring (bicyclic) bond motifs is 2. The molecule has 2 aromatic heterocycles. The summed E-state index contributed by atoms with van der Waals surface area (Å²) < 4.78 is 11.6. The molecule has 2 N–H and O–H groups in total. The van der Waals surface area contributed by atoms with Crippen LogP contribution in [0.5, 0.6) is 5.88 Å². The Bertz CT molecular complexity index is 2350. The number of benzene rings is 2. The third-order valence-electron chi connectivity index (χ3n) is 12.9. The van der Waals surface area contributed by atoms with Gasteiger partial charge in [0.1, 0.15) is 17.9 Å². The van der Waals surface area contributed by atoms with Gasteiger partial charge in [0.2, 0.25) is 17.7 Å². The Morgan fingerprint density at radius 2 is 1.59 bits per heavy atom. The fraction of sp³-hybridized carbons (Fsp3) is 0.489. The Morgan fingerprint density at radius 3 is 2.32 bits per heavy atom. The van der Waals surface area contributed by atoms with E-state index in [1.165, 1.54) is 11.4 Å². The Kier molecular flexibility index (Phi) is 11.7. The number of hydrogen-bond donors (Lipinski definition) is 2. The topological polar surface area (TPSA) is 152 Å². The predicted molar refractivity (Wildman–Crippen MR) is 245 cm³/mol. The second kappa shape index (κ2) is 17.5. The normalized spacial score (nSPS) is 18.7. The van der Waals surface area contributed by atoms with Crippen LogP contribution >= 0.6 is 0 Å². The van der Waals surface area contributed by atoms with Crippen molar-refractivity contribution in [3.8, 4) is 5.88 Å². The number of hydrogen-bond acceptors (Lipinski definition) is 13. The van der Waals surface area contributed by atoms with Crippen molar-refractivity contribution >= 4 is 58.1 Å². The Labute approximate surface area is 369 Å². The molecule has 63 heavy (non-hydrogen) atoms. The standard InChI is InChI=1S/C47H59N11O5/c1-31-26-37(10-11-39(31)57-19-15-41(59)52-45(57)60)54-16-12-33(13-17-54)29-53-20-22-55(23-21-53)36-8-6-35(7-9-36)50-44-49-27-34-14-18-56(30-38(34)51-44)40-28-48-43-42(32(40)2)58(24-25-62-43)46(61)63-47(3,4)5/h6-11,26-28,33H,12-25,29-30H2,1-5H3,(H,49,50,51)(H,52,59,60). The van der Waals surface area contributed by atoms with Crippen LogP contribution in [0.4, 0.5) is 49.7 Å². The van der Waals surface area contributed by atoms with E-state index in [1.54, 1.807) is 9.80 Å². The van der Waals surface area contributed by atoms with Gasteiger partial charge < -0.3 is 29.5 Å². The van der Waals surface area contributed by atoms with Crippen molar-refractivity contribution in [1.82, 2.24) is 25.2 Å². The summed E-state index contributed by atoms with van der Waals surface area (Å²) in [7, 11) is 0. The van der Waals surface area contributed by atoms with E-state index < -0.39 is 11.7 Å². The maximum atomic E-state index is 13.2. The average Bonchev–Trinajstić information content (AvgIpc) is 3.27. The van der Waals surface area contributed by atoms with E-state index in [-0.39, 0.29) is 11.9 Å². The lowest BCUT2D eigenvalue weighted by Gasteiger charge is -2.40. The first kappa shape index (κ1) is 42.2. The minimum Gasteiger partial charge on any atom is -0.474 e. The molecule has 0 spiro atoms. The zero-order chi connectivity index (χ0) is 43.8. The van der Waals surface area contributed by atoms with Crippen LogP contribution in [0.2, 0.25) is 0 Å². The van der Waals surface area contributed by atoms with Gasteiger partial charge in [-0.3, -0.25) is 24.8 Å². The number of nitrogens with zero attached hydrogens (tertiary/aromatic N) is 9. The average molecular weight is 858 g/mol. The molecule has 5 aliphatic heterocycles. The Hall–Kier alpha value is -6.16. The van der Waals surface area contributed by atoms with Gasteiger partial charge in [-0.2, -0.15) is 0 Å². The predicted octanol–water partition coefficient (Wildman–Crippen LogP) is 6.41. The van der Waals surface area contributed by atoms with Gasteiger partial charge in [0, 0.05) is 99.8 Å². The number of piperazine rings is 1. The van der Waals surface area contributed by atoms with Gasteiger partial charge in [0.15, 0.2) is 0 Å². The van der Waals surface area contributed by atoms with E-state index in [1.807, 2.05) is 53.1 Å². The van der Waals surface area contributed by atoms with Crippen LogP contribution in [0.3, 0.4) is 0 Å². The molecule has 4 aromatic rings. The molecule has 0 saturated carbocycles. The highest BCUT2D eigenvalue weighted by molar-refractivity contribution is 6.06. The summed E-state index contributed by atoms with van der Waals surface area (Å²) in [4.78, 5) is 64.6. The van der Waals surface area contributed by atoms with Gasteiger partial charge in [0.05, 0.1) is 30.7 Å². The van der Waals surface area contributed by atoms with E-state index in [0.29, 0.717) is 56.1 Å². The fourth-order valence-electron chi connectivity index (χ4n) is 9.46. The minimum atomic E-state index is -0.614. The molecule has 4 amide bonds. The third-order valence-corrected chi connectivity index (χ3v) is 12.9. The monoisotopic (exact) mass is 857 g/mol. The lowest BCUT2D eigenvalue weighted by molar-refractivity contribution is -0.120. The molecule has 0 atom stereocenters. The fourth-order valence-corrected chi connectivity index (χ4v) is 9.46. The largest absolute Gasteiger partial charge is 0.474 e. The summed E-state index contributed by atoms with van der Waals surface area (Å²) in [5.41, 5.74) is 9.25. The Balaban J connectivity index is 0.750. The number of anilines is 7. The molecule has 0 unspecified atom stereocenters. The Morgan fingerprint density at radius 1 is 0.841 bits per heavy atom. The lowest BCUT2D eigenvalue weighted by atomic mass is 9.95. The number of pyridine rings is 1. The van der Waals surface area contributed by atoms with Crippen LogP contribution in [0.1, 0.15) is 62.4 Å². The van der Waals surface area contributed by atoms with E-state index in [0.717, 1.165) is 111 Å². The number of aromatic nitrogens is 3. The summed E-state index contributed by atoms with van der Waals surface area (Å²) in [5, 5.41) is 5.86. The number of urea groups is 1.